The molecule has 0 bridgehead atoms. The summed E-state index contributed by atoms with van der Waals surface area (Å²) in [6.07, 6.45) is 11.1. The molecule has 164 valence electrons. The molecular weight excluding hydrogens is 390 g/mol. The van der Waals surface area contributed by atoms with E-state index < -0.39 is 5.97 Å². The molecule has 0 amide bonds. The van der Waals surface area contributed by atoms with E-state index >= 15 is 0 Å². The Morgan fingerprint density at radius 3 is 2.45 bits per heavy atom. The summed E-state index contributed by atoms with van der Waals surface area (Å²) < 4.78 is 12.2. The normalized spacial score (nSPS) is 13.1. The fourth-order valence-electron chi connectivity index (χ4n) is 3.46. The lowest BCUT2D eigenvalue weighted by molar-refractivity contribution is -0.132. The smallest absolute Gasteiger partial charge is 0.335 e. The monoisotopic (exact) mass is 421 g/mol. The molecule has 0 atom stereocenters. The minimum absolute atomic E-state index is 0.301. The van der Waals surface area contributed by atoms with Crippen LogP contribution in [0.3, 0.4) is 0 Å². The number of carboxylic acids is 1. The Hall–Kier alpha value is -3.21. The lowest BCUT2D eigenvalue weighted by Gasteiger charge is -2.24. The first-order chi connectivity index (χ1) is 15.2. The zero-order valence-corrected chi connectivity index (χ0v) is 18.1. The molecule has 31 heavy (non-hydrogen) atoms. The molecule has 0 spiro atoms. The molecule has 0 radical (unpaired) electrons. The van der Waals surface area contributed by atoms with Crippen LogP contribution in [0.25, 0.3) is 0 Å². The van der Waals surface area contributed by atoms with Crippen molar-refractivity contribution in [3.8, 4) is 11.5 Å². The van der Waals surface area contributed by atoms with Crippen LogP contribution >= 0.6 is 0 Å². The quantitative estimate of drug-likeness (QED) is 0.429. The number of unbranched alkanes of at least 4 members (excludes halogenated alkanes) is 4. The highest BCUT2D eigenvalue weighted by Gasteiger charge is 2.15. The molecule has 5 nitrogen and oxygen atoms in total. The maximum Gasteiger partial charge on any atom is 0.335 e. The first-order valence-electron chi connectivity index (χ1n) is 11.0. The molecule has 3 rings (SSSR count). The minimum atomic E-state index is -0.914. The van der Waals surface area contributed by atoms with E-state index in [0.29, 0.717) is 25.3 Å². The zero-order valence-electron chi connectivity index (χ0n) is 18.1. The van der Waals surface area contributed by atoms with Crippen LogP contribution in [0.1, 0.15) is 44.6 Å². The maximum atomic E-state index is 11.1. The molecule has 1 aliphatic rings. The summed E-state index contributed by atoms with van der Waals surface area (Å²) in [6, 6.07) is 15.8. The number of carbonyl (C=O) groups is 1. The molecular formula is C26H31NO4. The summed E-state index contributed by atoms with van der Waals surface area (Å²) >= 11 is 0. The molecule has 0 fully saturated rings. The van der Waals surface area contributed by atoms with Gasteiger partial charge in [0.15, 0.2) is 0 Å². The number of rotatable bonds is 12. The molecule has 2 aromatic carbocycles. The highest BCUT2D eigenvalue weighted by atomic mass is 16.5. The van der Waals surface area contributed by atoms with Crippen molar-refractivity contribution in [2.45, 2.75) is 45.6 Å². The van der Waals surface area contributed by atoms with Gasteiger partial charge in [-0.25, -0.2) is 4.79 Å². The van der Waals surface area contributed by atoms with E-state index in [0.717, 1.165) is 29.2 Å². The van der Waals surface area contributed by atoms with Crippen LogP contribution in [0.5, 0.6) is 11.5 Å². The molecule has 1 heterocycles. The van der Waals surface area contributed by atoms with Crippen LogP contribution in [0, 0.1) is 0 Å². The number of aliphatic carboxylic acids is 1. The molecule has 0 aromatic heterocycles. The molecule has 0 aliphatic carbocycles. The van der Waals surface area contributed by atoms with Gasteiger partial charge in [-0.05, 0) is 30.7 Å². The molecule has 0 saturated carbocycles. The Bertz CT molecular complexity index is 919. The number of nitrogens with zero attached hydrogens (tertiary/aromatic N) is 1. The number of para-hydroxylation sites is 3. The number of hydrogen-bond donors (Lipinski definition) is 1. The first kappa shape index (κ1) is 22.5. The van der Waals surface area contributed by atoms with Gasteiger partial charge < -0.3 is 19.5 Å². The van der Waals surface area contributed by atoms with Gasteiger partial charge in [0.05, 0.1) is 17.9 Å². The van der Waals surface area contributed by atoms with Crippen molar-refractivity contribution in [1.82, 2.24) is 0 Å². The second kappa shape index (κ2) is 11.8. The Morgan fingerprint density at radius 1 is 0.968 bits per heavy atom. The second-order valence-corrected chi connectivity index (χ2v) is 7.56. The molecule has 2 aromatic rings. The molecule has 0 unspecified atom stereocenters. The van der Waals surface area contributed by atoms with Gasteiger partial charge in [0.1, 0.15) is 18.1 Å². The number of anilines is 1. The fourth-order valence-corrected chi connectivity index (χ4v) is 3.46. The summed E-state index contributed by atoms with van der Waals surface area (Å²) in [6.45, 7) is 3.82. The van der Waals surface area contributed by atoms with E-state index in [1.807, 2.05) is 53.4 Å². The van der Waals surface area contributed by atoms with E-state index in [4.69, 9.17) is 14.6 Å². The average Bonchev–Trinajstić information content (AvgIpc) is 2.81. The van der Waals surface area contributed by atoms with Gasteiger partial charge in [0, 0.05) is 18.3 Å². The first-order valence-corrected chi connectivity index (χ1v) is 11.0. The molecule has 5 heteroatoms. The van der Waals surface area contributed by atoms with E-state index in [1.165, 1.54) is 25.7 Å². The van der Waals surface area contributed by atoms with Gasteiger partial charge in [-0.1, -0.05) is 69.0 Å². The van der Waals surface area contributed by atoms with Crippen molar-refractivity contribution >= 4 is 11.7 Å². The fraction of sp³-hybridized carbons (Fsp3) is 0.346. The molecule has 1 N–H and O–H groups in total. The number of benzene rings is 2. The Morgan fingerprint density at radius 2 is 1.71 bits per heavy atom. The zero-order chi connectivity index (χ0) is 21.9. The van der Waals surface area contributed by atoms with Crippen molar-refractivity contribution in [1.29, 1.82) is 0 Å². The van der Waals surface area contributed by atoms with Crippen LogP contribution in [0.2, 0.25) is 0 Å². The largest absolute Gasteiger partial charge is 0.493 e. The van der Waals surface area contributed by atoms with Gasteiger partial charge in [-0.2, -0.15) is 0 Å². The van der Waals surface area contributed by atoms with Gasteiger partial charge in [-0.15, -0.1) is 0 Å². The van der Waals surface area contributed by atoms with Crippen LogP contribution in [-0.4, -0.2) is 24.2 Å². The number of carboxylic acid groups (broad SMARTS) is 1. The minimum Gasteiger partial charge on any atom is -0.493 e. The van der Waals surface area contributed by atoms with E-state index in [1.54, 1.807) is 18.4 Å². The highest BCUT2D eigenvalue weighted by Crippen LogP contribution is 2.31. The standard InChI is InChI=1S/C26H31NO4/c1-2-3-4-5-10-19-30-24-13-8-6-11-22(24)20-31-25-14-9-7-12-23(25)27-17-15-21(16-18-27)26(28)29/h6-9,11-17H,2-5,10,18-20H2,1H3,(H,28,29). The van der Waals surface area contributed by atoms with Crippen molar-refractivity contribution < 1.29 is 19.4 Å². The Kier molecular flexibility index (Phi) is 8.59. The molecule has 1 aliphatic heterocycles. The van der Waals surface area contributed by atoms with Crippen LogP contribution in [0.15, 0.2) is 72.5 Å². The second-order valence-electron chi connectivity index (χ2n) is 7.56. The van der Waals surface area contributed by atoms with E-state index in [2.05, 4.69) is 6.92 Å². The van der Waals surface area contributed by atoms with Crippen molar-refractivity contribution in [2.24, 2.45) is 0 Å². The lowest BCUT2D eigenvalue weighted by atomic mass is 10.1. The Labute approximate surface area is 184 Å². The maximum absolute atomic E-state index is 11.1. The summed E-state index contributed by atoms with van der Waals surface area (Å²) in [5, 5.41) is 9.13. The van der Waals surface area contributed by atoms with Crippen molar-refractivity contribution in [3.05, 3.63) is 78.0 Å². The van der Waals surface area contributed by atoms with Gasteiger partial charge in [0.2, 0.25) is 0 Å². The van der Waals surface area contributed by atoms with Crippen molar-refractivity contribution in [2.75, 3.05) is 18.1 Å². The third-order valence-corrected chi connectivity index (χ3v) is 5.22. The van der Waals surface area contributed by atoms with E-state index in [-0.39, 0.29) is 0 Å². The summed E-state index contributed by atoms with van der Waals surface area (Å²) in [7, 11) is 0. The SMILES string of the molecule is CCCCCCCOc1ccccc1COc1ccccc1N1C=CC(C(=O)O)=CC1. The average molecular weight is 422 g/mol. The van der Waals surface area contributed by atoms with Gasteiger partial charge >= 0.3 is 5.97 Å². The topological polar surface area (TPSA) is 59.0 Å². The van der Waals surface area contributed by atoms with Crippen molar-refractivity contribution in [3.63, 3.8) is 0 Å². The predicted octanol–water partition coefficient (Wildman–Crippen LogP) is 5.96. The summed E-state index contributed by atoms with van der Waals surface area (Å²) in [4.78, 5) is 13.1. The summed E-state index contributed by atoms with van der Waals surface area (Å²) in [5.74, 6) is 0.693. The highest BCUT2D eigenvalue weighted by molar-refractivity contribution is 5.90. The van der Waals surface area contributed by atoms with Crippen LogP contribution in [0.4, 0.5) is 5.69 Å². The van der Waals surface area contributed by atoms with Gasteiger partial charge in [-0.3, -0.25) is 0 Å². The summed E-state index contributed by atoms with van der Waals surface area (Å²) in [5.41, 5.74) is 2.21. The van der Waals surface area contributed by atoms with Crippen LogP contribution < -0.4 is 14.4 Å². The third kappa shape index (κ3) is 6.64. The van der Waals surface area contributed by atoms with Gasteiger partial charge in [0.25, 0.3) is 0 Å². The van der Waals surface area contributed by atoms with Crippen LogP contribution in [-0.2, 0) is 11.4 Å². The predicted molar refractivity (Wildman–Crippen MR) is 124 cm³/mol. The molecule has 0 saturated heterocycles. The number of ether oxygens (including phenoxy) is 2. The van der Waals surface area contributed by atoms with E-state index in [9.17, 15) is 4.79 Å². The lowest BCUT2D eigenvalue weighted by Crippen LogP contribution is -2.21. The number of hydrogen-bond acceptors (Lipinski definition) is 4. The Balaban J connectivity index is 1.60. The third-order valence-electron chi connectivity index (χ3n) is 5.22.